The van der Waals surface area contributed by atoms with Crippen LogP contribution < -0.4 is 10.1 Å². The Labute approximate surface area is 207 Å². The van der Waals surface area contributed by atoms with Crippen LogP contribution in [0.1, 0.15) is 51.3 Å². The third-order valence-electron chi connectivity index (χ3n) is 5.89. The molecule has 0 bridgehead atoms. The first kappa shape index (κ1) is 24.3. The van der Waals surface area contributed by atoms with Crippen molar-refractivity contribution in [1.82, 2.24) is 4.90 Å². The van der Waals surface area contributed by atoms with Gasteiger partial charge in [-0.2, -0.15) is 0 Å². The molecule has 0 saturated carbocycles. The summed E-state index contributed by atoms with van der Waals surface area (Å²) >= 11 is 0. The first-order chi connectivity index (χ1) is 16.6. The maximum absolute atomic E-state index is 13.5. The molecule has 0 fully saturated rings. The Morgan fingerprint density at radius 2 is 1.46 bits per heavy atom. The van der Waals surface area contributed by atoms with Gasteiger partial charge in [-0.1, -0.05) is 75.4 Å². The number of benzene rings is 3. The summed E-state index contributed by atoms with van der Waals surface area (Å²) < 4.78 is 5.75. The van der Waals surface area contributed by atoms with Gasteiger partial charge in [-0.25, -0.2) is 0 Å². The van der Waals surface area contributed by atoms with Crippen LogP contribution in [0.2, 0.25) is 0 Å². The number of carbonyl (C=O) groups is 2. The summed E-state index contributed by atoms with van der Waals surface area (Å²) in [7, 11) is 0. The van der Waals surface area contributed by atoms with Crippen molar-refractivity contribution >= 4 is 23.1 Å². The topological polar surface area (TPSA) is 58.6 Å². The number of anilines is 1. The molecule has 35 heavy (non-hydrogen) atoms. The minimum atomic E-state index is -0.337. The predicted octanol–water partition coefficient (Wildman–Crippen LogP) is 6.16. The Hall–Kier alpha value is -3.86. The number of nitrogens with zero attached hydrogens (tertiary/aromatic N) is 1. The van der Waals surface area contributed by atoms with E-state index in [-0.39, 0.29) is 35.6 Å². The molecular formula is C30H32N2O3. The summed E-state index contributed by atoms with van der Waals surface area (Å²) in [5.41, 5.74) is 4.18. The standard InChI is InChI=1S/C30H32N2O3/c1-20(2)35-25-17-11-22(12-18-25)26-27(31-24-15-13-23(14-16-24)30(3,4)5)29(34)32(28(26)33)19-21-9-7-6-8-10-21/h6-18,20,31H,19H2,1-5H3. The first-order valence-corrected chi connectivity index (χ1v) is 11.9. The number of hydrogen-bond donors (Lipinski definition) is 1. The molecule has 3 aromatic rings. The van der Waals surface area contributed by atoms with E-state index in [1.807, 2.05) is 92.7 Å². The van der Waals surface area contributed by atoms with Gasteiger partial charge in [0.05, 0.1) is 18.2 Å². The first-order valence-electron chi connectivity index (χ1n) is 11.9. The van der Waals surface area contributed by atoms with Gasteiger partial charge in [0.15, 0.2) is 0 Å². The zero-order chi connectivity index (χ0) is 25.2. The van der Waals surface area contributed by atoms with Crippen molar-refractivity contribution in [3.8, 4) is 5.75 Å². The Kier molecular flexibility index (Phi) is 6.79. The minimum Gasteiger partial charge on any atom is -0.491 e. The lowest BCUT2D eigenvalue weighted by atomic mass is 9.87. The summed E-state index contributed by atoms with van der Waals surface area (Å²) in [6.45, 7) is 10.6. The zero-order valence-electron chi connectivity index (χ0n) is 21.0. The summed E-state index contributed by atoms with van der Waals surface area (Å²) in [5.74, 6) is 0.0657. The van der Waals surface area contributed by atoms with E-state index in [0.29, 0.717) is 11.1 Å². The molecule has 1 heterocycles. The number of rotatable bonds is 7. The Bertz CT molecular complexity index is 1240. The second-order valence-corrected chi connectivity index (χ2v) is 10.1. The highest BCUT2D eigenvalue weighted by Crippen LogP contribution is 2.33. The summed E-state index contributed by atoms with van der Waals surface area (Å²) in [6, 6.07) is 24.8. The maximum Gasteiger partial charge on any atom is 0.278 e. The fourth-order valence-electron chi connectivity index (χ4n) is 4.04. The van der Waals surface area contributed by atoms with Crippen LogP contribution in [0.5, 0.6) is 5.75 Å². The monoisotopic (exact) mass is 468 g/mol. The van der Waals surface area contributed by atoms with Gasteiger partial charge >= 0.3 is 0 Å². The lowest BCUT2D eigenvalue weighted by molar-refractivity contribution is -0.137. The Morgan fingerprint density at radius 1 is 0.829 bits per heavy atom. The summed E-state index contributed by atoms with van der Waals surface area (Å²) in [6.07, 6.45) is 0.0458. The van der Waals surface area contributed by atoms with Crippen LogP contribution in [-0.2, 0) is 21.5 Å². The largest absolute Gasteiger partial charge is 0.491 e. The molecule has 2 amide bonds. The minimum absolute atomic E-state index is 0.0222. The lowest BCUT2D eigenvalue weighted by Crippen LogP contribution is -2.32. The molecule has 180 valence electrons. The fourth-order valence-corrected chi connectivity index (χ4v) is 4.04. The van der Waals surface area contributed by atoms with Gasteiger partial charge in [0, 0.05) is 5.69 Å². The molecule has 5 nitrogen and oxygen atoms in total. The van der Waals surface area contributed by atoms with Crippen LogP contribution in [0.3, 0.4) is 0 Å². The van der Waals surface area contributed by atoms with Crippen molar-refractivity contribution in [1.29, 1.82) is 0 Å². The number of ether oxygens (including phenoxy) is 1. The SMILES string of the molecule is CC(C)Oc1ccc(C2=C(Nc3ccc(C(C)(C)C)cc3)C(=O)N(Cc3ccccc3)C2=O)cc1. The molecule has 5 heteroatoms. The van der Waals surface area contributed by atoms with Gasteiger partial charge in [-0.05, 0) is 60.2 Å². The van der Waals surface area contributed by atoms with Gasteiger partial charge in [-0.3, -0.25) is 14.5 Å². The van der Waals surface area contributed by atoms with Crippen molar-refractivity contribution in [2.24, 2.45) is 0 Å². The van der Waals surface area contributed by atoms with Gasteiger partial charge in [0.25, 0.3) is 11.8 Å². The van der Waals surface area contributed by atoms with E-state index in [1.54, 1.807) is 0 Å². The van der Waals surface area contributed by atoms with Gasteiger partial charge < -0.3 is 10.1 Å². The zero-order valence-corrected chi connectivity index (χ0v) is 21.0. The molecule has 0 aromatic heterocycles. The highest BCUT2D eigenvalue weighted by molar-refractivity contribution is 6.36. The van der Waals surface area contributed by atoms with E-state index in [1.165, 1.54) is 10.5 Å². The molecule has 0 saturated heterocycles. The van der Waals surface area contributed by atoms with Crippen LogP contribution in [0.15, 0.2) is 84.6 Å². The molecule has 0 radical (unpaired) electrons. The molecule has 1 N–H and O–H groups in total. The number of amides is 2. The molecular weight excluding hydrogens is 436 g/mol. The molecule has 0 unspecified atom stereocenters. The maximum atomic E-state index is 13.5. The molecule has 1 aliphatic heterocycles. The van der Waals surface area contributed by atoms with E-state index in [9.17, 15) is 9.59 Å². The van der Waals surface area contributed by atoms with E-state index < -0.39 is 0 Å². The van der Waals surface area contributed by atoms with E-state index in [4.69, 9.17) is 4.74 Å². The van der Waals surface area contributed by atoms with Crippen LogP contribution >= 0.6 is 0 Å². The second kappa shape index (κ2) is 9.79. The fraction of sp³-hybridized carbons (Fsp3) is 0.267. The van der Waals surface area contributed by atoms with Crippen LogP contribution in [0, 0.1) is 0 Å². The van der Waals surface area contributed by atoms with E-state index in [0.717, 1.165) is 17.0 Å². The third kappa shape index (κ3) is 5.46. The number of hydrogen-bond acceptors (Lipinski definition) is 4. The number of nitrogens with one attached hydrogen (secondary N) is 1. The van der Waals surface area contributed by atoms with Gasteiger partial charge in [0.1, 0.15) is 11.4 Å². The highest BCUT2D eigenvalue weighted by Gasteiger charge is 2.39. The second-order valence-electron chi connectivity index (χ2n) is 10.1. The van der Waals surface area contributed by atoms with Gasteiger partial charge in [-0.15, -0.1) is 0 Å². The average molecular weight is 469 g/mol. The molecule has 3 aromatic carbocycles. The molecule has 0 aliphatic carbocycles. The Morgan fingerprint density at radius 3 is 2.03 bits per heavy atom. The quantitative estimate of drug-likeness (QED) is 0.422. The van der Waals surface area contributed by atoms with Crippen molar-refractivity contribution in [3.63, 3.8) is 0 Å². The van der Waals surface area contributed by atoms with Crippen LogP contribution in [0.4, 0.5) is 5.69 Å². The van der Waals surface area contributed by atoms with Crippen molar-refractivity contribution in [2.45, 2.75) is 52.7 Å². The predicted molar refractivity (Wildman–Crippen MR) is 140 cm³/mol. The highest BCUT2D eigenvalue weighted by atomic mass is 16.5. The van der Waals surface area contributed by atoms with Crippen LogP contribution in [0.25, 0.3) is 5.57 Å². The molecule has 0 spiro atoms. The van der Waals surface area contributed by atoms with Crippen molar-refractivity contribution in [2.75, 3.05) is 5.32 Å². The van der Waals surface area contributed by atoms with Crippen molar-refractivity contribution < 1.29 is 14.3 Å². The molecule has 4 rings (SSSR count). The van der Waals surface area contributed by atoms with E-state index in [2.05, 4.69) is 26.1 Å². The number of imide groups is 1. The average Bonchev–Trinajstić information content (AvgIpc) is 3.04. The normalized spacial score (nSPS) is 14.2. The molecule has 0 atom stereocenters. The smallest absolute Gasteiger partial charge is 0.278 e. The van der Waals surface area contributed by atoms with Crippen molar-refractivity contribution in [3.05, 3.63) is 101 Å². The summed E-state index contributed by atoms with van der Waals surface area (Å²) in [4.78, 5) is 28.4. The van der Waals surface area contributed by atoms with Gasteiger partial charge in [0.2, 0.25) is 0 Å². The van der Waals surface area contributed by atoms with E-state index >= 15 is 0 Å². The lowest BCUT2D eigenvalue weighted by Gasteiger charge is -2.19. The number of carbonyl (C=O) groups excluding carboxylic acids is 2. The van der Waals surface area contributed by atoms with Crippen LogP contribution in [-0.4, -0.2) is 22.8 Å². The molecule has 1 aliphatic rings. The third-order valence-corrected chi connectivity index (χ3v) is 5.89. The Balaban J connectivity index is 1.70. The summed E-state index contributed by atoms with van der Waals surface area (Å²) in [5, 5.41) is 3.25.